The molecule has 0 N–H and O–H groups in total. The van der Waals surface area contributed by atoms with Gasteiger partial charge in [-0.1, -0.05) is 12.2 Å². The number of rotatable bonds is 4. The lowest BCUT2D eigenvalue weighted by molar-refractivity contribution is 0.0778. The largest absolute Gasteiger partial charge is 0.335 e. The average Bonchev–Trinajstić information content (AvgIpc) is 2.25. The molecule has 0 radical (unpaired) electrons. The maximum absolute atomic E-state index is 12.6. The Kier molecular flexibility index (Phi) is 4.17. The van der Waals surface area contributed by atoms with Crippen LogP contribution in [0.25, 0.3) is 0 Å². The molecule has 0 aliphatic carbocycles. The fourth-order valence-electron chi connectivity index (χ4n) is 1.34. The van der Waals surface area contributed by atoms with Crippen LogP contribution >= 0.6 is 0 Å². The van der Waals surface area contributed by atoms with Crippen molar-refractivity contribution in [3.63, 3.8) is 0 Å². The normalized spacial score (nSPS) is 9.94. The standard InChI is InChI=1S/C12H15FN2O/c1-4-15(8-9(2)3)12(16)10-5-6-11(13)14-7-10/h5-7H,2,4,8H2,1,3H3. The summed E-state index contributed by atoms with van der Waals surface area (Å²) in [6.45, 7) is 8.60. The summed E-state index contributed by atoms with van der Waals surface area (Å²) in [7, 11) is 0. The van der Waals surface area contributed by atoms with Crippen molar-refractivity contribution >= 4 is 5.91 Å². The SMILES string of the molecule is C=C(C)CN(CC)C(=O)c1ccc(F)nc1. The minimum absolute atomic E-state index is 0.155. The molecule has 0 saturated heterocycles. The van der Waals surface area contributed by atoms with Gasteiger partial charge in [-0.2, -0.15) is 4.39 Å². The van der Waals surface area contributed by atoms with Crippen molar-refractivity contribution in [2.24, 2.45) is 0 Å². The molecule has 1 aromatic heterocycles. The molecule has 0 spiro atoms. The zero-order chi connectivity index (χ0) is 12.1. The van der Waals surface area contributed by atoms with Crippen LogP contribution in [0.1, 0.15) is 24.2 Å². The molecule has 3 nitrogen and oxygen atoms in total. The molecule has 0 fully saturated rings. The lowest BCUT2D eigenvalue weighted by Gasteiger charge is -2.20. The minimum Gasteiger partial charge on any atom is -0.335 e. The van der Waals surface area contributed by atoms with Gasteiger partial charge in [0.2, 0.25) is 5.95 Å². The monoisotopic (exact) mass is 222 g/mol. The molecule has 0 saturated carbocycles. The zero-order valence-corrected chi connectivity index (χ0v) is 9.53. The van der Waals surface area contributed by atoms with Gasteiger partial charge >= 0.3 is 0 Å². The van der Waals surface area contributed by atoms with E-state index in [1.54, 1.807) is 4.90 Å². The first kappa shape index (κ1) is 12.4. The van der Waals surface area contributed by atoms with Crippen molar-refractivity contribution in [3.8, 4) is 0 Å². The summed E-state index contributed by atoms with van der Waals surface area (Å²) in [5.41, 5.74) is 1.30. The third kappa shape index (κ3) is 3.15. The molecule has 1 amide bonds. The van der Waals surface area contributed by atoms with Gasteiger partial charge in [0.25, 0.3) is 5.91 Å². The lowest BCUT2D eigenvalue weighted by atomic mass is 10.2. The summed E-state index contributed by atoms with van der Waals surface area (Å²) in [6.07, 6.45) is 1.25. The van der Waals surface area contributed by atoms with Crippen molar-refractivity contribution < 1.29 is 9.18 Å². The van der Waals surface area contributed by atoms with E-state index in [9.17, 15) is 9.18 Å². The van der Waals surface area contributed by atoms with Gasteiger partial charge in [-0.25, -0.2) is 4.98 Å². The third-order valence-corrected chi connectivity index (χ3v) is 2.10. The molecule has 0 aromatic carbocycles. The summed E-state index contributed by atoms with van der Waals surface area (Å²) in [4.78, 5) is 17.0. The van der Waals surface area contributed by atoms with Crippen LogP contribution in [0.4, 0.5) is 4.39 Å². The Morgan fingerprint density at radius 2 is 2.25 bits per heavy atom. The number of pyridine rings is 1. The van der Waals surface area contributed by atoms with E-state index < -0.39 is 5.95 Å². The van der Waals surface area contributed by atoms with Crippen LogP contribution in [0.3, 0.4) is 0 Å². The van der Waals surface area contributed by atoms with Crippen LogP contribution in [0.2, 0.25) is 0 Å². The molecule has 0 aliphatic heterocycles. The molecule has 1 aromatic rings. The molecule has 16 heavy (non-hydrogen) atoms. The van der Waals surface area contributed by atoms with Crippen LogP contribution in [0.15, 0.2) is 30.5 Å². The van der Waals surface area contributed by atoms with Crippen LogP contribution in [0, 0.1) is 5.95 Å². The molecular formula is C12H15FN2O. The molecule has 0 aliphatic rings. The van der Waals surface area contributed by atoms with Crippen LogP contribution in [-0.4, -0.2) is 28.9 Å². The van der Waals surface area contributed by atoms with Crippen molar-refractivity contribution in [2.75, 3.05) is 13.1 Å². The average molecular weight is 222 g/mol. The van der Waals surface area contributed by atoms with Gasteiger partial charge in [0.15, 0.2) is 0 Å². The second kappa shape index (κ2) is 5.39. The molecule has 0 atom stereocenters. The Hall–Kier alpha value is -1.71. The van der Waals surface area contributed by atoms with Gasteiger partial charge in [0.1, 0.15) is 0 Å². The molecule has 1 rings (SSSR count). The molecule has 1 heterocycles. The number of hydrogen-bond acceptors (Lipinski definition) is 2. The maximum atomic E-state index is 12.6. The predicted molar refractivity (Wildman–Crippen MR) is 60.6 cm³/mol. The number of carbonyl (C=O) groups is 1. The molecule has 0 bridgehead atoms. The second-order valence-electron chi connectivity index (χ2n) is 3.65. The van der Waals surface area contributed by atoms with E-state index in [4.69, 9.17) is 0 Å². The van der Waals surface area contributed by atoms with Crippen molar-refractivity contribution in [2.45, 2.75) is 13.8 Å². The molecule has 4 heteroatoms. The van der Waals surface area contributed by atoms with Gasteiger partial charge in [-0.05, 0) is 26.0 Å². The van der Waals surface area contributed by atoms with Crippen molar-refractivity contribution in [1.29, 1.82) is 0 Å². The van der Waals surface area contributed by atoms with Gasteiger partial charge < -0.3 is 4.90 Å². The highest BCUT2D eigenvalue weighted by molar-refractivity contribution is 5.94. The van der Waals surface area contributed by atoms with Crippen molar-refractivity contribution in [3.05, 3.63) is 42.0 Å². The van der Waals surface area contributed by atoms with Crippen LogP contribution < -0.4 is 0 Å². The van der Waals surface area contributed by atoms with E-state index in [1.807, 2.05) is 13.8 Å². The number of likely N-dealkylation sites (N-methyl/N-ethyl adjacent to an activating group) is 1. The van der Waals surface area contributed by atoms with E-state index in [0.717, 1.165) is 5.57 Å². The minimum atomic E-state index is -0.584. The predicted octanol–water partition coefficient (Wildman–Crippen LogP) is 2.26. The molecular weight excluding hydrogens is 207 g/mol. The number of aromatic nitrogens is 1. The van der Waals surface area contributed by atoms with E-state index in [-0.39, 0.29) is 5.91 Å². The number of nitrogens with zero attached hydrogens (tertiary/aromatic N) is 2. The Labute approximate surface area is 94.6 Å². The summed E-state index contributed by atoms with van der Waals surface area (Å²) >= 11 is 0. The Morgan fingerprint density at radius 3 is 2.69 bits per heavy atom. The van der Waals surface area contributed by atoms with Gasteiger partial charge in [-0.3, -0.25) is 4.79 Å². The highest BCUT2D eigenvalue weighted by Gasteiger charge is 2.14. The highest BCUT2D eigenvalue weighted by Crippen LogP contribution is 2.06. The highest BCUT2D eigenvalue weighted by atomic mass is 19.1. The fourth-order valence-corrected chi connectivity index (χ4v) is 1.34. The number of halogens is 1. The Bertz CT molecular complexity index is 387. The quantitative estimate of drug-likeness (QED) is 0.578. The molecule has 0 unspecified atom stereocenters. The summed E-state index contributed by atoms with van der Waals surface area (Å²) in [5.74, 6) is -0.738. The third-order valence-electron chi connectivity index (χ3n) is 2.10. The second-order valence-corrected chi connectivity index (χ2v) is 3.65. The Balaban J connectivity index is 2.82. The number of amides is 1. The summed E-state index contributed by atoms with van der Waals surface area (Å²) < 4.78 is 12.6. The topological polar surface area (TPSA) is 33.2 Å². The van der Waals surface area contributed by atoms with Gasteiger partial charge in [0.05, 0.1) is 5.56 Å². The first-order valence-corrected chi connectivity index (χ1v) is 5.09. The first-order chi connectivity index (χ1) is 7.54. The zero-order valence-electron chi connectivity index (χ0n) is 9.53. The first-order valence-electron chi connectivity index (χ1n) is 5.09. The summed E-state index contributed by atoms with van der Waals surface area (Å²) in [5, 5.41) is 0. The maximum Gasteiger partial charge on any atom is 0.255 e. The van der Waals surface area contributed by atoms with Crippen LogP contribution in [0.5, 0.6) is 0 Å². The van der Waals surface area contributed by atoms with Crippen LogP contribution in [-0.2, 0) is 0 Å². The smallest absolute Gasteiger partial charge is 0.255 e. The summed E-state index contributed by atoms with van der Waals surface area (Å²) in [6, 6.07) is 2.62. The van der Waals surface area contributed by atoms with Crippen molar-refractivity contribution in [1.82, 2.24) is 9.88 Å². The van der Waals surface area contributed by atoms with E-state index in [1.165, 1.54) is 18.3 Å². The van der Waals surface area contributed by atoms with Gasteiger partial charge in [0, 0.05) is 19.3 Å². The van der Waals surface area contributed by atoms with E-state index in [0.29, 0.717) is 18.7 Å². The lowest BCUT2D eigenvalue weighted by Crippen LogP contribution is -2.32. The number of carbonyl (C=O) groups excluding carboxylic acids is 1. The fraction of sp³-hybridized carbons (Fsp3) is 0.333. The Morgan fingerprint density at radius 1 is 1.56 bits per heavy atom. The van der Waals surface area contributed by atoms with E-state index >= 15 is 0 Å². The van der Waals surface area contributed by atoms with Gasteiger partial charge in [-0.15, -0.1) is 0 Å². The number of hydrogen-bond donors (Lipinski definition) is 0. The van der Waals surface area contributed by atoms with E-state index in [2.05, 4.69) is 11.6 Å². The molecule has 86 valence electrons.